The maximum Gasteiger partial charge on any atom is 0.261 e. The van der Waals surface area contributed by atoms with Gasteiger partial charge in [-0.25, -0.2) is 8.42 Å². The number of hydrogen-bond donors (Lipinski definition) is 1. The van der Waals surface area contributed by atoms with Gasteiger partial charge in [-0.2, -0.15) is 0 Å². The number of nitrogens with one attached hydrogen (secondary N) is 1. The number of allylic oxidation sites excluding steroid dienone is 2. The van der Waals surface area contributed by atoms with Gasteiger partial charge in [-0.15, -0.1) is 0 Å². The fourth-order valence-corrected chi connectivity index (χ4v) is 2.26. The van der Waals surface area contributed by atoms with Crippen LogP contribution in [0.5, 0.6) is 0 Å². The van der Waals surface area contributed by atoms with E-state index in [1.54, 1.807) is 36.4 Å². The predicted octanol–water partition coefficient (Wildman–Crippen LogP) is 3.08. The van der Waals surface area contributed by atoms with Crippen LogP contribution in [0.15, 0.2) is 59.7 Å². The molecule has 0 fully saturated rings. The molecule has 0 aliphatic carbocycles. The first kappa shape index (κ1) is 14.5. The van der Waals surface area contributed by atoms with Gasteiger partial charge in [-0.05, 0) is 23.6 Å². The summed E-state index contributed by atoms with van der Waals surface area (Å²) in [4.78, 5) is 0.232. The molecule has 1 aromatic rings. The van der Waals surface area contributed by atoms with Gasteiger partial charge in [0.25, 0.3) is 10.0 Å². The highest BCUT2D eigenvalue weighted by molar-refractivity contribution is 7.89. The Morgan fingerprint density at radius 3 is 2.28 bits per heavy atom. The molecule has 1 rings (SSSR count). The Kier molecular flexibility index (Phi) is 4.35. The maximum atomic E-state index is 12.0. The monoisotopic (exact) mass is 265 g/mol. The van der Waals surface area contributed by atoms with E-state index in [1.807, 2.05) is 26.8 Å². The second kappa shape index (κ2) is 5.40. The fourth-order valence-electron chi connectivity index (χ4n) is 1.22. The SMILES string of the molecule is C=C(/C=C\C(C)(C)C)NS(=O)(=O)c1ccccc1. The molecule has 0 atom stereocenters. The topological polar surface area (TPSA) is 46.2 Å². The van der Waals surface area contributed by atoms with Crippen LogP contribution < -0.4 is 4.72 Å². The van der Waals surface area contributed by atoms with Crippen molar-refractivity contribution in [2.24, 2.45) is 5.41 Å². The molecule has 18 heavy (non-hydrogen) atoms. The second-order valence-electron chi connectivity index (χ2n) is 5.14. The molecule has 0 bridgehead atoms. The lowest BCUT2D eigenvalue weighted by Gasteiger charge is -2.12. The molecule has 0 unspecified atom stereocenters. The van der Waals surface area contributed by atoms with E-state index in [1.165, 1.54) is 0 Å². The number of benzene rings is 1. The van der Waals surface area contributed by atoms with Gasteiger partial charge in [0.1, 0.15) is 0 Å². The predicted molar refractivity (Wildman–Crippen MR) is 74.5 cm³/mol. The highest BCUT2D eigenvalue weighted by Gasteiger charge is 2.13. The lowest BCUT2D eigenvalue weighted by Crippen LogP contribution is -2.21. The summed E-state index contributed by atoms with van der Waals surface area (Å²) in [5.41, 5.74) is 0.343. The molecular formula is C14H19NO2S. The Hall–Kier alpha value is -1.55. The molecule has 1 aromatic carbocycles. The van der Waals surface area contributed by atoms with Crippen LogP contribution in [-0.4, -0.2) is 8.42 Å². The largest absolute Gasteiger partial charge is 0.280 e. The molecule has 0 saturated heterocycles. The summed E-state index contributed by atoms with van der Waals surface area (Å²) in [6.07, 6.45) is 3.59. The molecule has 1 N–H and O–H groups in total. The molecule has 0 heterocycles. The Morgan fingerprint density at radius 1 is 1.22 bits per heavy atom. The second-order valence-corrected chi connectivity index (χ2v) is 6.83. The van der Waals surface area contributed by atoms with Crippen molar-refractivity contribution in [1.29, 1.82) is 0 Å². The van der Waals surface area contributed by atoms with Crippen LogP contribution in [0.4, 0.5) is 0 Å². The molecule has 0 aliphatic rings. The van der Waals surface area contributed by atoms with E-state index in [2.05, 4.69) is 11.3 Å². The van der Waals surface area contributed by atoms with Crippen molar-refractivity contribution in [3.8, 4) is 0 Å². The zero-order valence-corrected chi connectivity index (χ0v) is 11.8. The van der Waals surface area contributed by atoms with Crippen LogP contribution in [0.2, 0.25) is 0 Å². The summed E-state index contributed by atoms with van der Waals surface area (Å²) >= 11 is 0. The Bertz CT molecular complexity index is 537. The number of rotatable bonds is 4. The van der Waals surface area contributed by atoms with Crippen molar-refractivity contribution in [3.63, 3.8) is 0 Å². The van der Waals surface area contributed by atoms with Gasteiger partial charge in [0, 0.05) is 5.70 Å². The number of hydrogen-bond acceptors (Lipinski definition) is 2. The van der Waals surface area contributed by atoms with E-state index in [9.17, 15) is 8.42 Å². The molecule has 0 radical (unpaired) electrons. The summed E-state index contributed by atoms with van der Waals surface area (Å²) in [5.74, 6) is 0. The van der Waals surface area contributed by atoms with Gasteiger partial charge in [0.05, 0.1) is 4.90 Å². The zero-order valence-electron chi connectivity index (χ0n) is 11.0. The minimum absolute atomic E-state index is 0.0128. The summed E-state index contributed by atoms with van der Waals surface area (Å²) in [5, 5.41) is 0. The van der Waals surface area contributed by atoms with Crippen LogP contribution >= 0.6 is 0 Å². The molecule has 0 aliphatic heterocycles. The van der Waals surface area contributed by atoms with Crippen molar-refractivity contribution >= 4 is 10.0 Å². The first-order valence-corrected chi connectivity index (χ1v) is 7.15. The third kappa shape index (κ3) is 4.75. The molecule has 0 amide bonds. The third-order valence-electron chi connectivity index (χ3n) is 2.10. The summed E-state index contributed by atoms with van der Waals surface area (Å²) in [6.45, 7) is 9.78. The molecule has 0 saturated carbocycles. The van der Waals surface area contributed by atoms with Crippen molar-refractivity contribution in [2.45, 2.75) is 25.7 Å². The van der Waals surface area contributed by atoms with Crippen LogP contribution in [0.3, 0.4) is 0 Å². The Labute approximate surface area is 109 Å². The van der Waals surface area contributed by atoms with Crippen molar-refractivity contribution in [2.75, 3.05) is 0 Å². The summed E-state index contributed by atoms with van der Waals surface area (Å²) < 4.78 is 26.4. The Balaban J connectivity index is 2.80. The maximum absolute atomic E-state index is 12.0. The highest BCUT2D eigenvalue weighted by Crippen LogP contribution is 2.16. The van der Waals surface area contributed by atoms with Gasteiger partial charge in [0.15, 0.2) is 0 Å². The lowest BCUT2D eigenvalue weighted by atomic mass is 9.96. The van der Waals surface area contributed by atoms with Crippen molar-refractivity contribution < 1.29 is 8.42 Å². The number of sulfonamides is 1. The minimum atomic E-state index is -3.53. The standard InChI is InChI=1S/C14H19NO2S/c1-12(10-11-14(2,3)4)15-18(16,17)13-8-6-5-7-9-13/h5-11,15H,1H2,2-4H3/b11-10-. The lowest BCUT2D eigenvalue weighted by molar-refractivity contribution is 0.543. The van der Waals surface area contributed by atoms with Crippen LogP contribution in [0.1, 0.15) is 20.8 Å². The third-order valence-corrected chi connectivity index (χ3v) is 3.53. The van der Waals surface area contributed by atoms with Gasteiger partial charge in [-0.1, -0.05) is 51.6 Å². The van der Waals surface area contributed by atoms with Crippen LogP contribution in [0, 0.1) is 5.41 Å². The van der Waals surface area contributed by atoms with E-state index < -0.39 is 10.0 Å². The fraction of sp³-hybridized carbons (Fsp3) is 0.286. The molecule has 98 valence electrons. The highest BCUT2D eigenvalue weighted by atomic mass is 32.2. The van der Waals surface area contributed by atoms with E-state index >= 15 is 0 Å². The normalized spacial score (nSPS) is 12.6. The van der Waals surface area contributed by atoms with Gasteiger partial charge in [0.2, 0.25) is 0 Å². The molecule has 4 heteroatoms. The molecule has 0 spiro atoms. The first-order valence-electron chi connectivity index (χ1n) is 5.67. The average Bonchev–Trinajstić information content (AvgIpc) is 2.26. The summed E-state index contributed by atoms with van der Waals surface area (Å²) in [6, 6.07) is 8.23. The van der Waals surface area contributed by atoms with Crippen LogP contribution in [-0.2, 0) is 10.0 Å². The van der Waals surface area contributed by atoms with Crippen LogP contribution in [0.25, 0.3) is 0 Å². The zero-order chi connectivity index (χ0) is 13.8. The van der Waals surface area contributed by atoms with Gasteiger partial charge >= 0.3 is 0 Å². The average molecular weight is 265 g/mol. The van der Waals surface area contributed by atoms with E-state index in [-0.39, 0.29) is 10.3 Å². The molecule has 3 nitrogen and oxygen atoms in total. The Morgan fingerprint density at radius 2 is 1.78 bits per heavy atom. The van der Waals surface area contributed by atoms with E-state index in [4.69, 9.17) is 0 Å². The van der Waals surface area contributed by atoms with Gasteiger partial charge < -0.3 is 0 Å². The van der Waals surface area contributed by atoms with Crippen molar-refractivity contribution in [3.05, 3.63) is 54.8 Å². The molecular weight excluding hydrogens is 246 g/mol. The van der Waals surface area contributed by atoms with Gasteiger partial charge in [-0.3, -0.25) is 4.72 Å². The van der Waals surface area contributed by atoms with E-state index in [0.717, 1.165) is 0 Å². The quantitative estimate of drug-likeness (QED) is 0.850. The first-order chi connectivity index (χ1) is 8.21. The molecule has 0 aromatic heterocycles. The van der Waals surface area contributed by atoms with E-state index in [0.29, 0.717) is 5.70 Å². The summed E-state index contributed by atoms with van der Waals surface area (Å²) in [7, 11) is -3.53. The van der Waals surface area contributed by atoms with Crippen molar-refractivity contribution in [1.82, 2.24) is 4.72 Å². The minimum Gasteiger partial charge on any atom is -0.280 e. The smallest absolute Gasteiger partial charge is 0.261 e.